The van der Waals surface area contributed by atoms with Gasteiger partial charge in [0.15, 0.2) is 15.6 Å². The molecule has 1 unspecified atom stereocenters. The lowest BCUT2D eigenvalue weighted by molar-refractivity contribution is 0.0995. The summed E-state index contributed by atoms with van der Waals surface area (Å²) in [5.74, 6) is -0.0757. The van der Waals surface area contributed by atoms with Crippen molar-refractivity contribution in [1.82, 2.24) is 4.98 Å². The molecule has 0 aromatic carbocycles. The molecule has 0 bridgehead atoms. The van der Waals surface area contributed by atoms with E-state index in [1.807, 2.05) is 12.3 Å². The van der Waals surface area contributed by atoms with Gasteiger partial charge in [0.05, 0.1) is 5.69 Å². The van der Waals surface area contributed by atoms with Gasteiger partial charge in [0.25, 0.3) is 5.91 Å². The van der Waals surface area contributed by atoms with Gasteiger partial charge in [0, 0.05) is 17.8 Å². The zero-order valence-electron chi connectivity index (χ0n) is 9.64. The van der Waals surface area contributed by atoms with E-state index in [0.29, 0.717) is 16.2 Å². The van der Waals surface area contributed by atoms with Crippen LogP contribution in [0.1, 0.15) is 23.2 Å². The summed E-state index contributed by atoms with van der Waals surface area (Å²) >= 11 is 4.51. The van der Waals surface area contributed by atoms with Crippen LogP contribution in [0.4, 0.5) is 5.13 Å². The van der Waals surface area contributed by atoms with Crippen LogP contribution in [0.15, 0.2) is 26.6 Å². The number of thiazole rings is 1. The first kappa shape index (κ1) is 13.3. The molecule has 18 heavy (non-hydrogen) atoms. The summed E-state index contributed by atoms with van der Waals surface area (Å²) in [5, 5.41) is 5.11. The number of amides is 1. The minimum atomic E-state index is -0.317. The van der Waals surface area contributed by atoms with E-state index in [0.717, 1.165) is 5.69 Å². The van der Waals surface area contributed by atoms with E-state index in [1.165, 1.54) is 11.3 Å². The Morgan fingerprint density at radius 2 is 2.44 bits per heavy atom. The van der Waals surface area contributed by atoms with Crippen LogP contribution < -0.4 is 11.1 Å². The number of carbonyl (C=O) groups excluding carboxylic acids is 1. The highest BCUT2D eigenvalue weighted by molar-refractivity contribution is 9.10. The summed E-state index contributed by atoms with van der Waals surface area (Å²) in [4.78, 5) is 16.1. The first-order chi connectivity index (χ1) is 8.54. The number of furan rings is 1. The Morgan fingerprint density at radius 1 is 1.67 bits per heavy atom. The molecule has 1 amide bonds. The summed E-state index contributed by atoms with van der Waals surface area (Å²) in [7, 11) is 0. The van der Waals surface area contributed by atoms with Crippen molar-refractivity contribution in [3.05, 3.63) is 33.6 Å². The predicted octanol–water partition coefficient (Wildman–Crippen LogP) is 2.64. The molecule has 3 N–H and O–H groups in total. The lowest BCUT2D eigenvalue weighted by Gasteiger charge is -2.00. The number of nitrogens with two attached hydrogens (primary N) is 1. The third-order valence-electron chi connectivity index (χ3n) is 2.10. The molecule has 0 spiro atoms. The van der Waals surface area contributed by atoms with Gasteiger partial charge < -0.3 is 10.2 Å². The molecule has 96 valence electrons. The Bertz CT molecular complexity index is 550. The lowest BCUT2D eigenvalue weighted by Crippen LogP contribution is -2.18. The number of nitrogens with one attached hydrogen (secondary N) is 1. The molecule has 2 aromatic rings. The summed E-state index contributed by atoms with van der Waals surface area (Å²) in [6.07, 6.45) is 0.693. The fourth-order valence-corrected chi connectivity index (χ4v) is 2.41. The zero-order valence-corrected chi connectivity index (χ0v) is 12.0. The Labute approximate surface area is 117 Å². The van der Waals surface area contributed by atoms with Crippen molar-refractivity contribution < 1.29 is 9.21 Å². The van der Waals surface area contributed by atoms with Crippen molar-refractivity contribution in [3.8, 4) is 0 Å². The minimum Gasteiger partial charge on any atom is -0.444 e. The number of hydrogen-bond donors (Lipinski definition) is 2. The molecule has 0 aliphatic rings. The van der Waals surface area contributed by atoms with Gasteiger partial charge in [-0.15, -0.1) is 11.3 Å². The number of halogens is 1. The molecule has 2 heterocycles. The summed E-state index contributed by atoms with van der Waals surface area (Å²) < 4.78 is 5.67. The van der Waals surface area contributed by atoms with Crippen molar-refractivity contribution in [2.24, 2.45) is 5.73 Å². The van der Waals surface area contributed by atoms with Crippen LogP contribution in [-0.2, 0) is 6.42 Å². The minimum absolute atomic E-state index is 0.0525. The highest BCUT2D eigenvalue weighted by Gasteiger charge is 2.13. The smallest absolute Gasteiger partial charge is 0.293 e. The molecule has 0 fully saturated rings. The summed E-state index contributed by atoms with van der Waals surface area (Å²) in [6.45, 7) is 1.91. The van der Waals surface area contributed by atoms with Crippen molar-refractivity contribution in [2.75, 3.05) is 5.32 Å². The molecule has 0 saturated heterocycles. The quantitative estimate of drug-likeness (QED) is 0.903. The van der Waals surface area contributed by atoms with Crippen molar-refractivity contribution in [3.63, 3.8) is 0 Å². The molecule has 1 atom stereocenters. The lowest BCUT2D eigenvalue weighted by atomic mass is 10.2. The number of nitrogens with zero attached hydrogens (tertiary/aromatic N) is 1. The Balaban J connectivity index is 2.01. The SMILES string of the molecule is CC(N)Cc1csc(NC(=O)c2ccc(Br)o2)n1. The first-order valence-corrected chi connectivity index (χ1v) is 6.98. The normalized spacial score (nSPS) is 12.4. The molecule has 0 aliphatic heterocycles. The summed E-state index contributed by atoms with van der Waals surface area (Å²) in [5.41, 5.74) is 6.57. The molecule has 0 aliphatic carbocycles. The van der Waals surface area contributed by atoms with E-state index in [4.69, 9.17) is 10.2 Å². The second-order valence-electron chi connectivity index (χ2n) is 3.88. The second-order valence-corrected chi connectivity index (χ2v) is 5.52. The fraction of sp³-hybridized carbons (Fsp3) is 0.273. The monoisotopic (exact) mass is 329 g/mol. The van der Waals surface area contributed by atoms with Crippen LogP contribution in [0.25, 0.3) is 0 Å². The second kappa shape index (κ2) is 5.64. The number of hydrogen-bond acceptors (Lipinski definition) is 5. The van der Waals surface area contributed by atoms with Crippen LogP contribution in [0.5, 0.6) is 0 Å². The van der Waals surface area contributed by atoms with Gasteiger partial charge in [0.1, 0.15) is 0 Å². The number of rotatable bonds is 4. The molecular weight excluding hydrogens is 318 g/mol. The number of anilines is 1. The highest BCUT2D eigenvalue weighted by atomic mass is 79.9. The number of aromatic nitrogens is 1. The first-order valence-electron chi connectivity index (χ1n) is 5.31. The van der Waals surface area contributed by atoms with E-state index >= 15 is 0 Å². The van der Waals surface area contributed by atoms with Gasteiger partial charge in [-0.2, -0.15) is 0 Å². The van der Waals surface area contributed by atoms with E-state index < -0.39 is 0 Å². The molecular formula is C11H12BrN3O2S. The molecule has 7 heteroatoms. The maximum atomic E-state index is 11.8. The van der Waals surface area contributed by atoms with Gasteiger partial charge in [-0.1, -0.05) is 0 Å². The van der Waals surface area contributed by atoms with Crippen molar-refractivity contribution >= 4 is 38.3 Å². The van der Waals surface area contributed by atoms with Crippen molar-refractivity contribution in [1.29, 1.82) is 0 Å². The molecule has 5 nitrogen and oxygen atoms in total. The zero-order chi connectivity index (χ0) is 13.1. The Hall–Kier alpha value is -1.18. The Kier molecular flexibility index (Phi) is 4.15. The highest BCUT2D eigenvalue weighted by Crippen LogP contribution is 2.19. The van der Waals surface area contributed by atoms with Gasteiger partial charge in [-0.05, 0) is 35.0 Å². The third kappa shape index (κ3) is 3.41. The Morgan fingerprint density at radius 3 is 3.06 bits per heavy atom. The van der Waals surface area contributed by atoms with Crippen LogP contribution >= 0.6 is 27.3 Å². The van der Waals surface area contributed by atoms with Crippen molar-refractivity contribution in [2.45, 2.75) is 19.4 Å². The largest absolute Gasteiger partial charge is 0.444 e. The van der Waals surface area contributed by atoms with E-state index in [2.05, 4.69) is 26.2 Å². The topological polar surface area (TPSA) is 81.1 Å². The van der Waals surface area contributed by atoms with Crippen LogP contribution in [0.3, 0.4) is 0 Å². The van der Waals surface area contributed by atoms with Crippen LogP contribution in [-0.4, -0.2) is 16.9 Å². The number of carbonyl (C=O) groups is 1. The predicted molar refractivity (Wildman–Crippen MR) is 73.8 cm³/mol. The average Bonchev–Trinajstić information content (AvgIpc) is 2.87. The standard InChI is InChI=1S/C11H12BrN3O2S/c1-6(13)4-7-5-18-11(14-7)15-10(16)8-2-3-9(12)17-8/h2-3,5-6H,4,13H2,1H3,(H,14,15,16). The molecule has 0 radical (unpaired) electrons. The maximum Gasteiger partial charge on any atom is 0.293 e. The van der Waals surface area contributed by atoms with Gasteiger partial charge >= 0.3 is 0 Å². The van der Waals surface area contributed by atoms with Gasteiger partial charge in [0.2, 0.25) is 0 Å². The van der Waals surface area contributed by atoms with E-state index in [-0.39, 0.29) is 17.7 Å². The van der Waals surface area contributed by atoms with E-state index in [9.17, 15) is 4.79 Å². The van der Waals surface area contributed by atoms with Crippen LogP contribution in [0, 0.1) is 0 Å². The molecule has 2 rings (SSSR count). The third-order valence-corrected chi connectivity index (χ3v) is 3.33. The molecule has 2 aromatic heterocycles. The van der Waals surface area contributed by atoms with E-state index in [1.54, 1.807) is 12.1 Å². The van der Waals surface area contributed by atoms with Gasteiger partial charge in [-0.3, -0.25) is 10.1 Å². The molecule has 0 saturated carbocycles. The van der Waals surface area contributed by atoms with Crippen LogP contribution in [0.2, 0.25) is 0 Å². The van der Waals surface area contributed by atoms with Gasteiger partial charge in [-0.25, -0.2) is 4.98 Å². The average molecular weight is 330 g/mol. The maximum absolute atomic E-state index is 11.8. The fourth-order valence-electron chi connectivity index (χ4n) is 1.38. The summed E-state index contributed by atoms with van der Waals surface area (Å²) in [6, 6.07) is 3.31.